The van der Waals surface area contributed by atoms with Crippen molar-refractivity contribution in [3.63, 3.8) is 0 Å². The van der Waals surface area contributed by atoms with Crippen molar-refractivity contribution in [2.24, 2.45) is 5.41 Å². The summed E-state index contributed by atoms with van der Waals surface area (Å²) in [4.78, 5) is 18.0. The predicted octanol–water partition coefficient (Wildman–Crippen LogP) is 3.11. The van der Waals surface area contributed by atoms with Gasteiger partial charge in [-0.05, 0) is 13.3 Å². The van der Waals surface area contributed by atoms with Crippen molar-refractivity contribution in [2.75, 3.05) is 18.0 Å². The molecule has 4 nitrogen and oxygen atoms in total. The van der Waals surface area contributed by atoms with Crippen LogP contribution in [0.2, 0.25) is 0 Å². The number of hydrogen-bond acceptors (Lipinski definition) is 4. The van der Waals surface area contributed by atoms with Crippen LogP contribution in [-0.4, -0.2) is 29.1 Å². The fraction of sp³-hybridized carbons (Fsp3) is 0.333. The van der Waals surface area contributed by atoms with E-state index >= 15 is 0 Å². The molecule has 2 aromatic rings. The monoisotopic (exact) mass is 288 g/mol. The van der Waals surface area contributed by atoms with E-state index in [2.05, 4.69) is 9.88 Å². The van der Waals surface area contributed by atoms with E-state index in [1.54, 1.807) is 18.3 Å². The topological polar surface area (TPSA) is 53.4 Å². The van der Waals surface area contributed by atoms with Gasteiger partial charge < -0.3 is 10.0 Å². The van der Waals surface area contributed by atoms with Gasteiger partial charge in [0.1, 0.15) is 0 Å². The number of benzene rings is 1. The van der Waals surface area contributed by atoms with Crippen molar-refractivity contribution in [1.82, 2.24) is 4.98 Å². The normalized spacial score (nSPS) is 22.1. The molecule has 1 atom stereocenters. The Morgan fingerprint density at radius 1 is 1.40 bits per heavy atom. The zero-order valence-corrected chi connectivity index (χ0v) is 12.1. The minimum atomic E-state index is -0.722. The molecule has 3 rings (SSSR count). The lowest BCUT2D eigenvalue weighted by molar-refractivity contribution is -0.146. The van der Waals surface area contributed by atoms with Gasteiger partial charge in [-0.1, -0.05) is 30.3 Å². The largest absolute Gasteiger partial charge is 0.481 e. The number of nitrogens with zero attached hydrogens (tertiary/aromatic N) is 2. The fourth-order valence-corrected chi connectivity index (χ4v) is 3.31. The third kappa shape index (κ3) is 2.29. The molecule has 1 N–H and O–H groups in total. The standard InChI is InChI=1S/C15H16N2O2S/c1-15(13(18)19)7-8-17(10-15)14-16-12(9-20-14)11-5-3-2-4-6-11/h2-6,9H,7-8,10H2,1H3,(H,18,19). The molecule has 1 fully saturated rings. The number of hydrogen-bond donors (Lipinski definition) is 1. The van der Waals surface area contributed by atoms with Crippen LogP contribution in [0.25, 0.3) is 11.3 Å². The number of carboxylic acids is 1. The summed E-state index contributed by atoms with van der Waals surface area (Å²) < 4.78 is 0. The van der Waals surface area contributed by atoms with Crippen LogP contribution in [0.3, 0.4) is 0 Å². The molecule has 0 spiro atoms. The van der Waals surface area contributed by atoms with Gasteiger partial charge in [0.2, 0.25) is 0 Å². The van der Waals surface area contributed by atoms with Gasteiger partial charge in [0, 0.05) is 24.0 Å². The van der Waals surface area contributed by atoms with Crippen LogP contribution >= 0.6 is 11.3 Å². The zero-order valence-electron chi connectivity index (χ0n) is 11.2. The second kappa shape index (κ2) is 4.90. The SMILES string of the molecule is CC1(C(=O)O)CCN(c2nc(-c3ccccc3)cs2)C1. The van der Waals surface area contributed by atoms with Gasteiger partial charge in [-0.25, -0.2) is 4.98 Å². The van der Waals surface area contributed by atoms with Gasteiger partial charge >= 0.3 is 5.97 Å². The average Bonchev–Trinajstić information content (AvgIpc) is 3.07. The van der Waals surface area contributed by atoms with E-state index in [0.717, 1.165) is 22.9 Å². The number of carboxylic acid groups (broad SMARTS) is 1. The minimum absolute atomic E-state index is 0.532. The Morgan fingerprint density at radius 2 is 2.15 bits per heavy atom. The molecule has 0 bridgehead atoms. The molecule has 0 aliphatic carbocycles. The molecule has 1 unspecified atom stereocenters. The first-order valence-corrected chi connectivity index (χ1v) is 7.46. The minimum Gasteiger partial charge on any atom is -0.481 e. The summed E-state index contributed by atoms with van der Waals surface area (Å²) >= 11 is 1.58. The summed E-state index contributed by atoms with van der Waals surface area (Å²) in [5, 5.41) is 12.2. The highest BCUT2D eigenvalue weighted by Gasteiger charge is 2.41. The molecule has 1 aromatic carbocycles. The van der Waals surface area contributed by atoms with E-state index < -0.39 is 11.4 Å². The van der Waals surface area contributed by atoms with Crippen molar-refractivity contribution in [3.8, 4) is 11.3 Å². The number of anilines is 1. The van der Waals surface area contributed by atoms with Gasteiger partial charge in [-0.3, -0.25) is 4.79 Å². The Labute approximate surface area is 121 Å². The highest BCUT2D eigenvalue weighted by Crippen LogP contribution is 2.36. The van der Waals surface area contributed by atoms with E-state index in [9.17, 15) is 9.90 Å². The fourth-order valence-electron chi connectivity index (χ4n) is 2.45. The molecule has 2 heterocycles. The number of thiazole rings is 1. The lowest BCUT2D eigenvalue weighted by Gasteiger charge is -2.19. The lowest BCUT2D eigenvalue weighted by Crippen LogP contribution is -2.31. The molecule has 0 saturated carbocycles. The molecule has 1 saturated heterocycles. The van der Waals surface area contributed by atoms with Crippen molar-refractivity contribution in [2.45, 2.75) is 13.3 Å². The summed E-state index contributed by atoms with van der Waals surface area (Å²) in [6.45, 7) is 3.09. The van der Waals surface area contributed by atoms with Gasteiger partial charge in [0.25, 0.3) is 0 Å². The third-order valence-electron chi connectivity index (χ3n) is 3.82. The first-order valence-electron chi connectivity index (χ1n) is 6.58. The van der Waals surface area contributed by atoms with Crippen LogP contribution in [0.15, 0.2) is 35.7 Å². The van der Waals surface area contributed by atoms with Crippen LogP contribution in [0, 0.1) is 5.41 Å². The molecular weight excluding hydrogens is 272 g/mol. The van der Waals surface area contributed by atoms with Gasteiger partial charge in [0.15, 0.2) is 5.13 Å². The number of carbonyl (C=O) groups is 1. The lowest BCUT2D eigenvalue weighted by atomic mass is 9.90. The summed E-state index contributed by atoms with van der Waals surface area (Å²) in [5.41, 5.74) is 1.39. The third-order valence-corrected chi connectivity index (χ3v) is 4.72. The smallest absolute Gasteiger partial charge is 0.311 e. The van der Waals surface area contributed by atoms with Crippen LogP contribution < -0.4 is 4.90 Å². The Morgan fingerprint density at radius 3 is 2.80 bits per heavy atom. The van der Waals surface area contributed by atoms with Crippen molar-refractivity contribution in [3.05, 3.63) is 35.7 Å². The molecule has 1 aliphatic heterocycles. The number of aliphatic carboxylic acids is 1. The molecular formula is C15H16N2O2S. The molecule has 1 aliphatic rings. The molecule has 0 radical (unpaired) electrons. The van der Waals surface area contributed by atoms with E-state index in [4.69, 9.17) is 0 Å². The highest BCUT2D eigenvalue weighted by molar-refractivity contribution is 7.14. The predicted molar refractivity (Wildman–Crippen MR) is 80.1 cm³/mol. The quantitative estimate of drug-likeness (QED) is 0.943. The van der Waals surface area contributed by atoms with Gasteiger partial charge in [-0.2, -0.15) is 0 Å². The zero-order chi connectivity index (χ0) is 14.2. The van der Waals surface area contributed by atoms with Crippen LogP contribution in [0.1, 0.15) is 13.3 Å². The number of aromatic nitrogens is 1. The van der Waals surface area contributed by atoms with E-state index in [1.807, 2.05) is 35.7 Å². The van der Waals surface area contributed by atoms with Crippen molar-refractivity contribution >= 4 is 22.4 Å². The van der Waals surface area contributed by atoms with Gasteiger partial charge in [0.05, 0.1) is 11.1 Å². The number of rotatable bonds is 3. The Bertz CT molecular complexity index is 626. The maximum atomic E-state index is 11.3. The maximum absolute atomic E-state index is 11.3. The van der Waals surface area contributed by atoms with Crippen molar-refractivity contribution < 1.29 is 9.90 Å². The summed E-state index contributed by atoms with van der Waals surface area (Å²) in [6.07, 6.45) is 0.669. The molecule has 5 heteroatoms. The van der Waals surface area contributed by atoms with E-state index in [-0.39, 0.29) is 0 Å². The second-order valence-electron chi connectivity index (χ2n) is 5.42. The molecule has 1 aromatic heterocycles. The van der Waals surface area contributed by atoms with Crippen molar-refractivity contribution in [1.29, 1.82) is 0 Å². The summed E-state index contributed by atoms with van der Waals surface area (Å²) in [7, 11) is 0. The first-order chi connectivity index (χ1) is 9.58. The highest BCUT2D eigenvalue weighted by atomic mass is 32.1. The maximum Gasteiger partial charge on any atom is 0.311 e. The van der Waals surface area contributed by atoms with Gasteiger partial charge in [-0.15, -0.1) is 11.3 Å². The summed E-state index contributed by atoms with van der Waals surface area (Å²) in [6, 6.07) is 10.0. The molecule has 0 amide bonds. The van der Waals surface area contributed by atoms with Crippen LogP contribution in [-0.2, 0) is 4.79 Å². The van der Waals surface area contributed by atoms with E-state index in [1.165, 1.54) is 0 Å². The molecule has 104 valence electrons. The Hall–Kier alpha value is -1.88. The van der Waals surface area contributed by atoms with E-state index in [0.29, 0.717) is 13.0 Å². The average molecular weight is 288 g/mol. The summed E-state index contributed by atoms with van der Waals surface area (Å²) in [5.74, 6) is -0.722. The Balaban J connectivity index is 1.80. The van der Waals surface area contributed by atoms with Crippen LogP contribution in [0.4, 0.5) is 5.13 Å². The molecule has 20 heavy (non-hydrogen) atoms. The Kier molecular flexibility index (Phi) is 3.22. The first kappa shape index (κ1) is 13.1. The van der Waals surface area contributed by atoms with Crippen LogP contribution in [0.5, 0.6) is 0 Å². The second-order valence-corrected chi connectivity index (χ2v) is 6.26.